The first-order chi connectivity index (χ1) is 9.32. The molecule has 0 fully saturated rings. The lowest BCUT2D eigenvalue weighted by molar-refractivity contribution is -0.138. The van der Waals surface area contributed by atoms with Gasteiger partial charge in [0.1, 0.15) is 0 Å². The summed E-state index contributed by atoms with van der Waals surface area (Å²) in [6, 6.07) is 5.45. The molecule has 2 nitrogen and oxygen atoms in total. The second-order valence-electron chi connectivity index (χ2n) is 5.17. The van der Waals surface area contributed by atoms with Crippen molar-refractivity contribution < 1.29 is 13.2 Å². The highest BCUT2D eigenvalue weighted by Gasteiger charge is 2.36. The Hall–Kier alpha value is -1.07. The molecule has 1 rings (SSSR count). The van der Waals surface area contributed by atoms with Crippen molar-refractivity contribution in [2.24, 2.45) is 5.73 Å². The number of rotatable bonds is 6. The number of halogens is 3. The van der Waals surface area contributed by atoms with Crippen LogP contribution in [-0.4, -0.2) is 24.0 Å². The van der Waals surface area contributed by atoms with Gasteiger partial charge in [0.05, 0.1) is 5.56 Å². The monoisotopic (exact) mass is 288 g/mol. The molecule has 0 spiro atoms. The molecule has 0 aliphatic carbocycles. The van der Waals surface area contributed by atoms with Gasteiger partial charge in [-0.2, -0.15) is 13.2 Å². The lowest BCUT2D eigenvalue weighted by atomic mass is 9.97. The van der Waals surface area contributed by atoms with Gasteiger partial charge >= 0.3 is 6.18 Å². The van der Waals surface area contributed by atoms with Crippen molar-refractivity contribution in [1.29, 1.82) is 0 Å². The molecule has 0 aliphatic heterocycles. The van der Waals surface area contributed by atoms with Gasteiger partial charge in [-0.25, -0.2) is 0 Å². The highest BCUT2D eigenvalue weighted by atomic mass is 19.4. The molecule has 20 heavy (non-hydrogen) atoms. The molecule has 0 amide bonds. The molecule has 0 saturated carbocycles. The zero-order chi connectivity index (χ0) is 15.3. The summed E-state index contributed by atoms with van der Waals surface area (Å²) in [5.74, 6) is 0. The van der Waals surface area contributed by atoms with Gasteiger partial charge in [0.2, 0.25) is 0 Å². The predicted molar refractivity (Wildman–Crippen MR) is 75.4 cm³/mol. The Labute approximate surface area is 118 Å². The Balaban J connectivity index is 3.24. The van der Waals surface area contributed by atoms with Crippen LogP contribution < -0.4 is 5.73 Å². The van der Waals surface area contributed by atoms with Gasteiger partial charge in [-0.15, -0.1) is 0 Å². The topological polar surface area (TPSA) is 29.3 Å². The normalized spacial score (nSPS) is 14.1. The highest BCUT2D eigenvalue weighted by molar-refractivity contribution is 5.32. The van der Waals surface area contributed by atoms with Crippen LogP contribution in [0.2, 0.25) is 0 Å². The quantitative estimate of drug-likeness (QED) is 0.862. The third-order valence-electron chi connectivity index (χ3n) is 3.39. The van der Waals surface area contributed by atoms with E-state index in [2.05, 4.69) is 0 Å². The van der Waals surface area contributed by atoms with Gasteiger partial charge in [0.25, 0.3) is 0 Å². The molecule has 0 aliphatic rings. The lowest BCUT2D eigenvalue weighted by Crippen LogP contribution is -2.40. The van der Waals surface area contributed by atoms with E-state index in [1.165, 1.54) is 12.1 Å². The molecule has 0 radical (unpaired) electrons. The minimum atomic E-state index is -4.35. The molecule has 0 heterocycles. The molecule has 1 aromatic rings. The van der Waals surface area contributed by atoms with Crippen molar-refractivity contribution in [2.75, 3.05) is 13.1 Å². The van der Waals surface area contributed by atoms with Crippen molar-refractivity contribution >= 4 is 0 Å². The summed E-state index contributed by atoms with van der Waals surface area (Å²) in [7, 11) is 0. The van der Waals surface area contributed by atoms with Crippen LogP contribution in [0.5, 0.6) is 0 Å². The summed E-state index contributed by atoms with van der Waals surface area (Å²) >= 11 is 0. The first kappa shape index (κ1) is 17.0. The first-order valence-electron chi connectivity index (χ1n) is 6.94. The van der Waals surface area contributed by atoms with E-state index in [9.17, 15) is 13.2 Å². The maximum Gasteiger partial charge on any atom is 0.416 e. The number of hydrogen-bond donors (Lipinski definition) is 1. The summed E-state index contributed by atoms with van der Waals surface area (Å²) in [4.78, 5) is 2.03. The Morgan fingerprint density at radius 2 is 1.80 bits per heavy atom. The van der Waals surface area contributed by atoms with Crippen LogP contribution in [0.4, 0.5) is 13.2 Å². The Bertz CT molecular complexity index is 416. The van der Waals surface area contributed by atoms with Crippen LogP contribution >= 0.6 is 0 Å². The first-order valence-corrected chi connectivity index (χ1v) is 6.94. The Kier molecular flexibility index (Phi) is 6.02. The highest BCUT2D eigenvalue weighted by Crippen LogP contribution is 2.36. The third-order valence-corrected chi connectivity index (χ3v) is 3.39. The van der Waals surface area contributed by atoms with Crippen LogP contribution in [0.3, 0.4) is 0 Å². The van der Waals surface area contributed by atoms with Crippen molar-refractivity contribution in [3.63, 3.8) is 0 Å². The number of nitrogens with two attached hydrogens (primary N) is 1. The van der Waals surface area contributed by atoms with Gasteiger partial charge in [0.15, 0.2) is 0 Å². The van der Waals surface area contributed by atoms with E-state index < -0.39 is 17.8 Å². The predicted octanol–water partition coefficient (Wildman–Crippen LogP) is 3.83. The van der Waals surface area contributed by atoms with Gasteiger partial charge in [0, 0.05) is 18.6 Å². The molecule has 2 N–H and O–H groups in total. The summed E-state index contributed by atoms with van der Waals surface area (Å²) in [6.07, 6.45) is -3.47. The molecule has 5 heteroatoms. The van der Waals surface area contributed by atoms with Crippen LogP contribution in [0.15, 0.2) is 24.3 Å². The molecule has 0 saturated heterocycles. The number of nitrogens with zero attached hydrogens (tertiary/aromatic N) is 1. The van der Waals surface area contributed by atoms with Crippen LogP contribution in [-0.2, 0) is 6.18 Å². The fourth-order valence-corrected chi connectivity index (χ4v) is 2.52. The lowest BCUT2D eigenvalue weighted by Gasteiger charge is -2.35. The third kappa shape index (κ3) is 3.96. The summed E-state index contributed by atoms with van der Waals surface area (Å²) in [6.45, 7) is 6.87. The summed E-state index contributed by atoms with van der Waals surface area (Å²) in [5.41, 5.74) is 5.46. The number of hydrogen-bond acceptors (Lipinski definition) is 2. The van der Waals surface area contributed by atoms with Crippen LogP contribution in [0.1, 0.15) is 44.4 Å². The van der Waals surface area contributed by atoms with E-state index in [0.717, 1.165) is 19.0 Å². The van der Waals surface area contributed by atoms with Crippen LogP contribution in [0, 0.1) is 0 Å². The van der Waals surface area contributed by atoms with Gasteiger partial charge in [-0.3, -0.25) is 4.90 Å². The molecule has 0 aromatic heterocycles. The largest absolute Gasteiger partial charge is 0.416 e. The molecular formula is C15H23F3N2. The van der Waals surface area contributed by atoms with Crippen molar-refractivity contribution in [1.82, 2.24) is 4.90 Å². The van der Waals surface area contributed by atoms with Crippen molar-refractivity contribution in [3.05, 3.63) is 35.4 Å². The number of alkyl halides is 3. The van der Waals surface area contributed by atoms with Crippen molar-refractivity contribution in [3.8, 4) is 0 Å². The van der Waals surface area contributed by atoms with Gasteiger partial charge in [-0.1, -0.05) is 25.1 Å². The maximum atomic E-state index is 13.1. The standard InChI is InChI=1S/C15H23F3N2/c1-4-9-20(11(2)3)14(10-19)12-7-5-6-8-13(12)15(16,17)18/h5-8,11,14H,4,9-10,19H2,1-3H3. The average Bonchev–Trinajstić information content (AvgIpc) is 2.38. The SMILES string of the molecule is CCCN(C(C)C)C(CN)c1ccccc1C(F)(F)F. The molecule has 1 unspecified atom stereocenters. The van der Waals surface area contributed by atoms with E-state index in [1.807, 2.05) is 25.7 Å². The second-order valence-corrected chi connectivity index (χ2v) is 5.17. The zero-order valence-corrected chi connectivity index (χ0v) is 12.2. The van der Waals surface area contributed by atoms with Crippen LogP contribution in [0.25, 0.3) is 0 Å². The minimum Gasteiger partial charge on any atom is -0.329 e. The average molecular weight is 288 g/mol. The molecule has 114 valence electrons. The summed E-state index contributed by atoms with van der Waals surface area (Å²) in [5, 5.41) is 0. The molecular weight excluding hydrogens is 265 g/mol. The molecule has 0 bridgehead atoms. The van der Waals surface area contributed by atoms with Gasteiger partial charge < -0.3 is 5.73 Å². The smallest absolute Gasteiger partial charge is 0.329 e. The van der Waals surface area contributed by atoms with E-state index in [1.54, 1.807) is 6.07 Å². The Morgan fingerprint density at radius 1 is 1.20 bits per heavy atom. The van der Waals surface area contributed by atoms with E-state index >= 15 is 0 Å². The van der Waals surface area contributed by atoms with E-state index in [0.29, 0.717) is 0 Å². The van der Waals surface area contributed by atoms with Gasteiger partial charge in [-0.05, 0) is 38.4 Å². The fraction of sp³-hybridized carbons (Fsp3) is 0.600. The molecule has 1 aromatic carbocycles. The van der Waals surface area contributed by atoms with E-state index in [4.69, 9.17) is 5.73 Å². The van der Waals surface area contributed by atoms with Crippen molar-refractivity contribution in [2.45, 2.75) is 45.5 Å². The second kappa shape index (κ2) is 7.09. The molecule has 1 atom stereocenters. The number of benzene rings is 1. The zero-order valence-electron chi connectivity index (χ0n) is 12.2. The van der Waals surface area contributed by atoms with E-state index in [-0.39, 0.29) is 18.2 Å². The fourth-order valence-electron chi connectivity index (χ4n) is 2.52. The Morgan fingerprint density at radius 3 is 2.25 bits per heavy atom. The maximum absolute atomic E-state index is 13.1. The summed E-state index contributed by atoms with van der Waals surface area (Å²) < 4.78 is 39.4. The minimum absolute atomic E-state index is 0.143.